The molecular formula is C46H79N7O5S. The first-order valence-electron chi connectivity index (χ1n) is 21.7. The van der Waals surface area contributed by atoms with Gasteiger partial charge in [0.05, 0.1) is 0 Å². The maximum Gasteiger partial charge on any atom is 0.243 e. The molecule has 7 atom stereocenters. The molecule has 0 spiro atoms. The molecule has 1 heterocycles. The van der Waals surface area contributed by atoms with Gasteiger partial charge in [-0.2, -0.15) is 12.6 Å². The summed E-state index contributed by atoms with van der Waals surface area (Å²) < 4.78 is 0. The molecule has 334 valence electrons. The Balaban J connectivity index is 0.00000389. The third kappa shape index (κ3) is 20.6. The van der Waals surface area contributed by atoms with Crippen LogP contribution in [-0.2, 0) is 30.4 Å². The van der Waals surface area contributed by atoms with Crippen LogP contribution in [0.2, 0.25) is 0 Å². The highest BCUT2D eigenvalue weighted by atomic mass is 32.1. The van der Waals surface area contributed by atoms with Gasteiger partial charge in [0.15, 0.2) is 0 Å². The number of hydrogen-bond donors (Lipinski definition) is 8. The van der Waals surface area contributed by atoms with Crippen molar-refractivity contribution in [2.75, 3.05) is 12.8 Å². The predicted octanol–water partition coefficient (Wildman–Crippen LogP) is 6.89. The van der Waals surface area contributed by atoms with Crippen molar-refractivity contribution in [2.24, 2.45) is 35.1 Å². The number of nitrogens with two attached hydrogens (primary N) is 2. The summed E-state index contributed by atoms with van der Waals surface area (Å²) in [6.07, 6.45) is 14.5. The zero-order valence-corrected chi connectivity index (χ0v) is 38.8. The Morgan fingerprint density at radius 1 is 0.814 bits per heavy atom. The fourth-order valence-electron chi connectivity index (χ4n) is 6.22. The van der Waals surface area contributed by atoms with E-state index in [1.54, 1.807) is 6.26 Å². The van der Waals surface area contributed by atoms with Crippen LogP contribution in [0.25, 0.3) is 10.9 Å². The summed E-state index contributed by atoms with van der Waals surface area (Å²) in [5.74, 6) is -1.84. The highest BCUT2D eigenvalue weighted by Gasteiger charge is 2.33. The molecule has 12 nitrogen and oxygen atoms in total. The van der Waals surface area contributed by atoms with Crippen molar-refractivity contribution in [1.82, 2.24) is 26.3 Å². The number of H-pyrrole nitrogens is 1. The number of hydrogen-bond acceptors (Lipinski definition) is 7. The number of fused-ring (bicyclic) bond motifs is 1. The number of rotatable bonds is 21. The first-order valence-corrected chi connectivity index (χ1v) is 22.6. The van der Waals surface area contributed by atoms with Crippen LogP contribution >= 0.6 is 12.6 Å². The summed E-state index contributed by atoms with van der Waals surface area (Å²) in [4.78, 5) is 70.5. The fourth-order valence-corrected chi connectivity index (χ4v) is 6.22. The van der Waals surface area contributed by atoms with Crippen molar-refractivity contribution in [1.29, 1.82) is 0 Å². The molecule has 0 fully saturated rings. The lowest BCUT2D eigenvalue weighted by Gasteiger charge is -2.28. The van der Waals surface area contributed by atoms with Crippen LogP contribution < -0.4 is 32.7 Å². The number of allylic oxidation sites excluding steroid dienone is 3. The zero-order chi connectivity index (χ0) is 45.1. The second-order valence-electron chi connectivity index (χ2n) is 15.8. The molecule has 3 rings (SSSR count). The highest BCUT2D eigenvalue weighted by molar-refractivity contribution is 7.79. The summed E-state index contributed by atoms with van der Waals surface area (Å²) in [6.45, 7) is 20.6. The van der Waals surface area contributed by atoms with Crippen LogP contribution in [0.1, 0.15) is 126 Å². The molecule has 1 aliphatic rings. The third-order valence-corrected chi connectivity index (χ3v) is 9.76. The lowest BCUT2D eigenvalue weighted by atomic mass is 9.93. The van der Waals surface area contributed by atoms with Crippen molar-refractivity contribution in [3.05, 3.63) is 59.8 Å². The van der Waals surface area contributed by atoms with Gasteiger partial charge in [-0.25, -0.2) is 0 Å². The van der Waals surface area contributed by atoms with E-state index >= 15 is 0 Å². The minimum atomic E-state index is -1.03. The molecule has 0 radical (unpaired) electrons. The van der Waals surface area contributed by atoms with Gasteiger partial charge in [-0.1, -0.05) is 125 Å². The van der Waals surface area contributed by atoms with Gasteiger partial charge in [-0.3, -0.25) is 24.0 Å². The van der Waals surface area contributed by atoms with E-state index in [-0.39, 0.29) is 30.6 Å². The molecule has 59 heavy (non-hydrogen) atoms. The Morgan fingerprint density at radius 3 is 1.93 bits per heavy atom. The summed E-state index contributed by atoms with van der Waals surface area (Å²) in [6, 6.07) is 3.83. The maximum absolute atomic E-state index is 14.0. The summed E-state index contributed by atoms with van der Waals surface area (Å²) in [5.41, 5.74) is 13.9. The monoisotopic (exact) mass is 842 g/mol. The van der Waals surface area contributed by atoms with Crippen molar-refractivity contribution in [2.45, 2.75) is 151 Å². The van der Waals surface area contributed by atoms with Gasteiger partial charge in [-0.05, 0) is 73.4 Å². The van der Waals surface area contributed by atoms with E-state index in [0.29, 0.717) is 38.1 Å². The van der Waals surface area contributed by atoms with Crippen LogP contribution in [0.15, 0.2) is 54.3 Å². The molecule has 2 aromatic rings. The number of primary amides is 1. The van der Waals surface area contributed by atoms with Crippen molar-refractivity contribution in [3.63, 3.8) is 0 Å². The van der Waals surface area contributed by atoms with E-state index < -0.39 is 47.8 Å². The molecule has 3 unspecified atom stereocenters. The van der Waals surface area contributed by atoms with E-state index in [9.17, 15) is 24.0 Å². The van der Waals surface area contributed by atoms with Gasteiger partial charge in [0, 0.05) is 35.9 Å². The van der Waals surface area contributed by atoms with Gasteiger partial charge in [-0.15, -0.1) is 0 Å². The molecule has 13 heteroatoms. The van der Waals surface area contributed by atoms with Gasteiger partial charge in [0.25, 0.3) is 0 Å². The van der Waals surface area contributed by atoms with Crippen LogP contribution in [0.4, 0.5) is 0 Å². The molecule has 9 N–H and O–H groups in total. The first-order chi connectivity index (χ1) is 28.1. The molecule has 0 saturated heterocycles. The van der Waals surface area contributed by atoms with Gasteiger partial charge in [0.1, 0.15) is 24.2 Å². The Bertz CT molecular complexity index is 1600. The first kappa shape index (κ1) is 54.9. The van der Waals surface area contributed by atoms with Crippen molar-refractivity contribution < 1.29 is 24.0 Å². The minimum Gasteiger partial charge on any atom is -0.368 e. The maximum atomic E-state index is 14.0. The largest absolute Gasteiger partial charge is 0.368 e. The van der Waals surface area contributed by atoms with Gasteiger partial charge < -0.3 is 37.7 Å². The number of benzene rings is 1. The molecule has 1 aromatic heterocycles. The molecule has 5 amide bonds. The van der Waals surface area contributed by atoms with Crippen LogP contribution in [0.3, 0.4) is 0 Å². The number of aromatic amines is 1. The van der Waals surface area contributed by atoms with Crippen LogP contribution in [0, 0.1) is 23.7 Å². The highest BCUT2D eigenvalue weighted by Crippen LogP contribution is 2.21. The predicted molar refractivity (Wildman–Crippen MR) is 248 cm³/mol. The summed E-state index contributed by atoms with van der Waals surface area (Å²) >= 11 is 3.53. The standard InChI is InChI=1S/C39H59N7O5.C4H10.C2H6.CH4S/c1-6-12-31(37(49)45-32(21-27-18-16-24(3)17-19-27)39(51)46-34(35(41)47)25(4)7-2)43-38(50)33(44-36(48)26(5)13-10-11-20-40)22-28-23-42-30-15-9-8-14-29(28)30;1-4(2)3;2*1-2/h8-9,14-16,18-19,23-26,31-34,42H,6-7,10-13,17,20-22,40H2,1-5H3,(H2,41,47)(H,43,50)(H,44,48)(H,45,49)(H,46,51);4H,1-3H3;1-2H3;2H,1H3/t24?,25-,26-,31-,32?,33?,34-;;;/m0.../s1. The number of aromatic nitrogens is 1. The number of nitrogens with one attached hydrogen (secondary N) is 5. The average Bonchev–Trinajstić information content (AvgIpc) is 3.63. The van der Waals surface area contributed by atoms with E-state index in [4.69, 9.17) is 11.5 Å². The topological polar surface area (TPSA) is 201 Å². The smallest absolute Gasteiger partial charge is 0.243 e. The lowest BCUT2D eigenvalue weighted by molar-refractivity contribution is -0.135. The van der Waals surface area contributed by atoms with E-state index in [0.717, 1.165) is 47.2 Å². The number of amides is 5. The number of unbranched alkanes of at least 4 members (excludes halogenated alkanes) is 1. The Hall–Kier alpha value is -4.10. The van der Waals surface area contributed by atoms with Gasteiger partial charge >= 0.3 is 0 Å². The van der Waals surface area contributed by atoms with Crippen LogP contribution in [-0.4, -0.2) is 71.5 Å². The molecule has 0 aliphatic heterocycles. The Kier molecular flexibility index (Phi) is 28.7. The second kappa shape index (κ2) is 30.9. The fraction of sp³-hybridized carbons (Fsp3) is 0.630. The molecule has 1 aromatic carbocycles. The number of carbonyl (C=O) groups excluding carboxylic acids is 5. The van der Waals surface area contributed by atoms with Crippen LogP contribution in [0.5, 0.6) is 0 Å². The van der Waals surface area contributed by atoms with Crippen molar-refractivity contribution >= 4 is 53.1 Å². The average molecular weight is 842 g/mol. The summed E-state index contributed by atoms with van der Waals surface area (Å²) in [5, 5.41) is 12.4. The molecule has 0 saturated carbocycles. The molecule has 1 aliphatic carbocycles. The third-order valence-electron chi connectivity index (χ3n) is 9.76. The zero-order valence-electron chi connectivity index (χ0n) is 38.0. The second-order valence-corrected chi connectivity index (χ2v) is 15.8. The SMILES string of the molecule is CC.CC(C)C.CCC[C@H](NC(=O)C(Cc1c[nH]c2ccccc12)NC(=O)[C@@H](C)CCCCN)C(=O)NC(CC1=CCC(C)C=C1)C(=O)N[C@H](C(N)=O)[C@@H](C)CC.CS. The van der Waals surface area contributed by atoms with E-state index in [1.165, 1.54) is 0 Å². The van der Waals surface area contributed by atoms with E-state index in [2.05, 4.69) is 72.7 Å². The Morgan fingerprint density at radius 2 is 1.37 bits per heavy atom. The lowest BCUT2D eigenvalue weighted by Crippen LogP contribution is -2.59. The number of thiol groups is 1. The van der Waals surface area contributed by atoms with Crippen molar-refractivity contribution in [3.8, 4) is 0 Å². The summed E-state index contributed by atoms with van der Waals surface area (Å²) in [7, 11) is 0. The molecular weight excluding hydrogens is 763 g/mol. The Labute approximate surface area is 361 Å². The molecule has 0 bridgehead atoms. The number of carbonyl (C=O) groups is 5. The quantitative estimate of drug-likeness (QED) is 0.0497. The van der Waals surface area contributed by atoms with E-state index in [1.807, 2.05) is 84.2 Å². The normalized spacial score (nSPS) is 16.1. The number of para-hydroxylation sites is 1. The minimum absolute atomic E-state index is 0.195. The van der Waals surface area contributed by atoms with Gasteiger partial charge in [0.2, 0.25) is 29.5 Å².